The molecular weight excluding hydrogens is 280 g/mol. The molecule has 0 saturated carbocycles. The third-order valence-electron chi connectivity index (χ3n) is 1.39. The first-order valence-corrected chi connectivity index (χ1v) is 5.25. The van der Waals surface area contributed by atoms with Crippen LogP contribution in [0.3, 0.4) is 0 Å². The van der Waals surface area contributed by atoms with Crippen molar-refractivity contribution in [1.82, 2.24) is 4.90 Å². The number of nitrogens with zero attached hydrogens (tertiary/aromatic N) is 2. The first-order valence-electron chi connectivity index (χ1n) is 4.46. The van der Waals surface area contributed by atoms with Crippen LogP contribution in [0.2, 0.25) is 0 Å². The SMILES string of the molecule is CN(C)/C=N/CC=C=C(/C(Br)=C\N)C(F)F. The summed E-state index contributed by atoms with van der Waals surface area (Å²) in [5, 5.41) is 0. The number of hydrogen-bond donors (Lipinski definition) is 1. The van der Waals surface area contributed by atoms with E-state index >= 15 is 0 Å². The Balaban J connectivity index is 4.62. The summed E-state index contributed by atoms with van der Waals surface area (Å²) in [6.07, 6.45) is 1.45. The van der Waals surface area contributed by atoms with E-state index in [0.29, 0.717) is 6.54 Å². The van der Waals surface area contributed by atoms with Gasteiger partial charge in [-0.15, -0.1) is 5.73 Å². The minimum absolute atomic E-state index is 0.135. The van der Waals surface area contributed by atoms with Gasteiger partial charge in [0.05, 0.1) is 18.5 Å². The molecule has 0 bridgehead atoms. The predicted octanol–water partition coefficient (Wildman–Crippen LogP) is 2.12. The lowest BCUT2D eigenvalue weighted by Gasteiger charge is -2.01. The Morgan fingerprint density at radius 2 is 2.19 bits per heavy atom. The maximum Gasteiger partial charge on any atom is 0.271 e. The molecule has 0 saturated heterocycles. The molecule has 0 rings (SSSR count). The number of nitrogens with two attached hydrogens (primary N) is 1. The second-order valence-corrected chi connectivity index (χ2v) is 3.88. The van der Waals surface area contributed by atoms with Crippen LogP contribution in [0.15, 0.2) is 33.1 Å². The number of aliphatic imine (C=N–C) groups is 1. The molecule has 3 nitrogen and oxygen atoms in total. The zero-order valence-corrected chi connectivity index (χ0v) is 10.7. The van der Waals surface area contributed by atoms with E-state index in [1.165, 1.54) is 6.08 Å². The Morgan fingerprint density at radius 1 is 1.56 bits per heavy atom. The molecule has 16 heavy (non-hydrogen) atoms. The highest BCUT2D eigenvalue weighted by Crippen LogP contribution is 2.21. The van der Waals surface area contributed by atoms with Gasteiger partial charge in [0.15, 0.2) is 0 Å². The van der Waals surface area contributed by atoms with Gasteiger partial charge in [0, 0.05) is 24.8 Å². The topological polar surface area (TPSA) is 41.6 Å². The molecular formula is C10H14BrF2N3. The smallest absolute Gasteiger partial charge is 0.271 e. The van der Waals surface area contributed by atoms with Crippen LogP contribution in [0.4, 0.5) is 8.78 Å². The molecule has 0 fully saturated rings. The van der Waals surface area contributed by atoms with Gasteiger partial charge < -0.3 is 10.6 Å². The maximum atomic E-state index is 12.5. The summed E-state index contributed by atoms with van der Waals surface area (Å²) in [5.41, 5.74) is 7.31. The van der Waals surface area contributed by atoms with E-state index in [1.807, 2.05) is 14.1 Å². The number of halogens is 3. The molecule has 0 aromatic rings. The first-order chi connectivity index (χ1) is 7.49. The molecule has 0 amide bonds. The molecule has 0 spiro atoms. The van der Waals surface area contributed by atoms with Gasteiger partial charge in [-0.2, -0.15) is 0 Å². The van der Waals surface area contributed by atoms with Crippen molar-refractivity contribution in [3.05, 3.63) is 28.1 Å². The largest absolute Gasteiger partial charge is 0.404 e. The molecule has 0 aromatic heterocycles. The van der Waals surface area contributed by atoms with Gasteiger partial charge in [-0.25, -0.2) is 8.78 Å². The van der Waals surface area contributed by atoms with Crippen LogP contribution in [0.25, 0.3) is 0 Å². The van der Waals surface area contributed by atoms with Gasteiger partial charge in [0.1, 0.15) is 0 Å². The number of allylic oxidation sites excluding steroid dienone is 1. The fourth-order valence-electron chi connectivity index (χ4n) is 0.745. The molecule has 2 N–H and O–H groups in total. The van der Waals surface area contributed by atoms with Gasteiger partial charge in [0.2, 0.25) is 0 Å². The molecule has 0 radical (unpaired) electrons. The highest BCUT2D eigenvalue weighted by atomic mass is 79.9. The number of rotatable bonds is 5. The maximum absolute atomic E-state index is 12.5. The van der Waals surface area contributed by atoms with Crippen LogP contribution in [0.1, 0.15) is 0 Å². The molecule has 0 heterocycles. The fraction of sp³-hybridized carbons (Fsp3) is 0.400. The molecule has 0 atom stereocenters. The van der Waals surface area contributed by atoms with E-state index in [1.54, 1.807) is 11.2 Å². The van der Waals surface area contributed by atoms with Gasteiger partial charge in [-0.05, 0) is 22.0 Å². The van der Waals surface area contributed by atoms with Crippen molar-refractivity contribution in [2.24, 2.45) is 10.7 Å². The van der Waals surface area contributed by atoms with Crippen molar-refractivity contribution in [2.45, 2.75) is 6.43 Å². The summed E-state index contributed by atoms with van der Waals surface area (Å²) in [5.74, 6) is 0. The van der Waals surface area contributed by atoms with E-state index < -0.39 is 6.43 Å². The molecule has 0 aliphatic rings. The van der Waals surface area contributed by atoms with Gasteiger partial charge in [0.25, 0.3) is 6.43 Å². The summed E-state index contributed by atoms with van der Waals surface area (Å²) in [4.78, 5) is 5.70. The van der Waals surface area contributed by atoms with Crippen molar-refractivity contribution in [1.29, 1.82) is 0 Å². The standard InChI is InChI=1S/C10H14BrF2N3/c1-16(2)7-15-5-3-4-8(10(12)13)9(11)6-14/h3,6-7,10H,5,14H2,1-2H3/b9-6+,15-7+. The third-order valence-corrected chi connectivity index (χ3v) is 2.08. The van der Waals surface area contributed by atoms with E-state index in [4.69, 9.17) is 5.73 Å². The minimum atomic E-state index is -2.62. The van der Waals surface area contributed by atoms with Crippen molar-refractivity contribution in [2.75, 3.05) is 20.6 Å². The van der Waals surface area contributed by atoms with Crippen molar-refractivity contribution in [3.63, 3.8) is 0 Å². The lowest BCUT2D eigenvalue weighted by atomic mass is 10.3. The van der Waals surface area contributed by atoms with Gasteiger partial charge in [-0.1, -0.05) is 0 Å². The van der Waals surface area contributed by atoms with E-state index in [0.717, 1.165) is 6.20 Å². The summed E-state index contributed by atoms with van der Waals surface area (Å²) < 4.78 is 25.1. The summed E-state index contributed by atoms with van der Waals surface area (Å²) >= 11 is 2.93. The van der Waals surface area contributed by atoms with Crippen LogP contribution in [0.5, 0.6) is 0 Å². The van der Waals surface area contributed by atoms with Crippen molar-refractivity contribution >= 4 is 22.3 Å². The summed E-state index contributed by atoms with van der Waals surface area (Å²) in [6, 6.07) is 0. The average molecular weight is 294 g/mol. The zero-order valence-electron chi connectivity index (χ0n) is 9.12. The van der Waals surface area contributed by atoms with E-state index in [9.17, 15) is 8.78 Å². The minimum Gasteiger partial charge on any atom is -0.404 e. The lowest BCUT2D eigenvalue weighted by molar-refractivity contribution is 0.194. The second-order valence-electron chi connectivity index (χ2n) is 3.02. The summed E-state index contributed by atoms with van der Waals surface area (Å²) in [7, 11) is 3.64. The average Bonchev–Trinajstić information content (AvgIpc) is 2.21. The summed E-state index contributed by atoms with van der Waals surface area (Å²) in [6.45, 7) is 0.291. The van der Waals surface area contributed by atoms with Crippen molar-refractivity contribution < 1.29 is 8.78 Å². The number of alkyl halides is 2. The van der Waals surface area contributed by atoms with Crippen LogP contribution >= 0.6 is 15.9 Å². The van der Waals surface area contributed by atoms with Crippen LogP contribution in [-0.4, -0.2) is 38.3 Å². The third kappa shape index (κ3) is 6.37. The fourth-order valence-corrected chi connectivity index (χ4v) is 1.03. The lowest BCUT2D eigenvalue weighted by Crippen LogP contribution is -2.07. The zero-order chi connectivity index (χ0) is 12.6. The van der Waals surface area contributed by atoms with Crippen LogP contribution < -0.4 is 5.73 Å². The first kappa shape index (κ1) is 14.9. The molecule has 6 heteroatoms. The van der Waals surface area contributed by atoms with Crippen molar-refractivity contribution in [3.8, 4) is 0 Å². The quantitative estimate of drug-likeness (QED) is 0.365. The Bertz CT molecular complexity index is 329. The molecule has 0 aliphatic carbocycles. The molecule has 0 unspecified atom stereocenters. The number of hydrogen-bond acceptors (Lipinski definition) is 2. The Hall–Kier alpha value is -1.13. The Morgan fingerprint density at radius 3 is 2.62 bits per heavy atom. The molecule has 90 valence electrons. The Kier molecular flexibility index (Phi) is 7.50. The molecule has 0 aliphatic heterocycles. The highest BCUT2D eigenvalue weighted by molar-refractivity contribution is 9.12. The van der Waals surface area contributed by atoms with E-state index in [2.05, 4.69) is 26.7 Å². The van der Waals surface area contributed by atoms with Crippen LogP contribution in [-0.2, 0) is 0 Å². The predicted molar refractivity (Wildman–Crippen MR) is 65.8 cm³/mol. The van der Waals surface area contributed by atoms with Gasteiger partial charge in [-0.3, -0.25) is 4.99 Å². The van der Waals surface area contributed by atoms with E-state index in [-0.39, 0.29) is 10.1 Å². The second kappa shape index (κ2) is 8.07. The Labute approximate surface area is 102 Å². The van der Waals surface area contributed by atoms with Crippen LogP contribution in [0, 0.1) is 0 Å². The van der Waals surface area contributed by atoms with Gasteiger partial charge >= 0.3 is 0 Å². The monoisotopic (exact) mass is 293 g/mol. The molecule has 0 aromatic carbocycles. The normalized spacial score (nSPS) is 11.8. The highest BCUT2D eigenvalue weighted by Gasteiger charge is 2.12.